The highest BCUT2D eigenvalue weighted by Gasteiger charge is 2.24. The summed E-state index contributed by atoms with van der Waals surface area (Å²) < 4.78 is 0. The van der Waals surface area contributed by atoms with Gasteiger partial charge in [-0.3, -0.25) is 4.79 Å². The van der Waals surface area contributed by atoms with E-state index in [1.807, 2.05) is 68.1 Å². The van der Waals surface area contributed by atoms with Gasteiger partial charge in [0.1, 0.15) is 0 Å². The van der Waals surface area contributed by atoms with Gasteiger partial charge in [-0.25, -0.2) is 4.79 Å². The first-order chi connectivity index (χ1) is 12.5. The number of nitrogens with zero attached hydrogens (tertiary/aromatic N) is 1. The molecule has 1 aliphatic rings. The molecule has 3 amide bonds. The lowest BCUT2D eigenvalue weighted by atomic mass is 9.99. The van der Waals surface area contributed by atoms with E-state index < -0.39 is 0 Å². The Balaban J connectivity index is 1.74. The summed E-state index contributed by atoms with van der Waals surface area (Å²) in [5.74, 6) is 0.114. The molecule has 2 aromatic carbocycles. The minimum absolute atomic E-state index is 0.0290. The van der Waals surface area contributed by atoms with Crippen LogP contribution in [-0.4, -0.2) is 18.5 Å². The fraction of sp³-hybridized carbons (Fsp3) is 0.333. The van der Waals surface area contributed by atoms with Gasteiger partial charge in [0, 0.05) is 29.5 Å². The van der Waals surface area contributed by atoms with Crippen LogP contribution >= 0.6 is 0 Å². The summed E-state index contributed by atoms with van der Waals surface area (Å²) in [5, 5.41) is 5.75. The Bertz CT molecular complexity index is 830. The van der Waals surface area contributed by atoms with Crippen molar-refractivity contribution in [2.45, 2.75) is 33.6 Å². The number of benzene rings is 2. The predicted octanol–water partition coefficient (Wildman–Crippen LogP) is 4.57. The molecule has 0 atom stereocenters. The van der Waals surface area contributed by atoms with Gasteiger partial charge >= 0.3 is 6.03 Å². The van der Waals surface area contributed by atoms with Crippen LogP contribution in [0.25, 0.3) is 0 Å². The number of carbonyl (C=O) groups is 2. The van der Waals surface area contributed by atoms with Crippen molar-refractivity contribution >= 4 is 29.0 Å². The summed E-state index contributed by atoms with van der Waals surface area (Å²) in [6.45, 7) is 6.55. The summed E-state index contributed by atoms with van der Waals surface area (Å²) >= 11 is 0. The van der Waals surface area contributed by atoms with Crippen molar-refractivity contribution in [3.8, 4) is 0 Å². The maximum atomic E-state index is 12.4. The number of carbonyl (C=O) groups excluding carboxylic acids is 2. The average Bonchev–Trinajstić information content (AvgIpc) is 2.62. The molecule has 26 heavy (non-hydrogen) atoms. The number of amides is 3. The van der Waals surface area contributed by atoms with Crippen molar-refractivity contribution in [2.75, 3.05) is 22.1 Å². The first kappa shape index (κ1) is 18.0. The van der Waals surface area contributed by atoms with Crippen LogP contribution < -0.4 is 15.5 Å². The SMILES string of the molecule is Cc1ccccc1NC(=O)Nc1ccc2c(c1)CCCN2C(=O)C(C)C. The van der Waals surface area contributed by atoms with Crippen molar-refractivity contribution in [2.24, 2.45) is 5.92 Å². The third kappa shape index (κ3) is 3.87. The third-order valence-electron chi connectivity index (χ3n) is 4.61. The zero-order valence-corrected chi connectivity index (χ0v) is 15.5. The van der Waals surface area contributed by atoms with Gasteiger partial charge in [0.25, 0.3) is 0 Å². The van der Waals surface area contributed by atoms with Crippen LogP contribution in [0.3, 0.4) is 0 Å². The van der Waals surface area contributed by atoms with Crippen molar-refractivity contribution in [1.29, 1.82) is 0 Å². The number of aryl methyl sites for hydroxylation is 2. The summed E-state index contributed by atoms with van der Waals surface area (Å²) in [6, 6.07) is 13.1. The van der Waals surface area contributed by atoms with Gasteiger partial charge in [0.15, 0.2) is 0 Å². The predicted molar refractivity (Wildman–Crippen MR) is 106 cm³/mol. The molecule has 2 aromatic rings. The summed E-state index contributed by atoms with van der Waals surface area (Å²) in [5.41, 5.74) is 4.58. The van der Waals surface area contributed by atoms with Gasteiger partial charge in [0.2, 0.25) is 5.91 Å². The van der Waals surface area contributed by atoms with E-state index in [2.05, 4.69) is 10.6 Å². The smallest absolute Gasteiger partial charge is 0.312 e. The molecule has 1 heterocycles. The van der Waals surface area contributed by atoms with E-state index in [0.717, 1.165) is 47.6 Å². The fourth-order valence-electron chi connectivity index (χ4n) is 3.21. The van der Waals surface area contributed by atoms with E-state index in [1.54, 1.807) is 0 Å². The lowest BCUT2D eigenvalue weighted by Gasteiger charge is -2.31. The van der Waals surface area contributed by atoms with Crippen LogP contribution in [0.15, 0.2) is 42.5 Å². The van der Waals surface area contributed by atoms with Crippen LogP contribution in [0.5, 0.6) is 0 Å². The van der Waals surface area contributed by atoms with Crippen molar-refractivity contribution in [3.63, 3.8) is 0 Å². The van der Waals surface area contributed by atoms with Gasteiger partial charge in [-0.15, -0.1) is 0 Å². The zero-order chi connectivity index (χ0) is 18.7. The van der Waals surface area contributed by atoms with E-state index in [0.29, 0.717) is 0 Å². The van der Waals surface area contributed by atoms with E-state index in [9.17, 15) is 9.59 Å². The first-order valence-corrected chi connectivity index (χ1v) is 9.03. The van der Waals surface area contributed by atoms with Crippen molar-refractivity contribution < 1.29 is 9.59 Å². The number of fused-ring (bicyclic) bond motifs is 1. The normalized spacial score (nSPS) is 13.3. The molecule has 0 unspecified atom stereocenters. The van der Waals surface area contributed by atoms with Crippen LogP contribution in [0, 0.1) is 12.8 Å². The number of para-hydroxylation sites is 1. The standard InChI is InChI=1S/C21H25N3O2/c1-14(2)20(25)24-12-6-8-16-13-17(10-11-19(16)24)22-21(26)23-18-9-5-4-7-15(18)3/h4-5,7,9-11,13-14H,6,8,12H2,1-3H3,(H2,22,23,26). The van der Waals surface area contributed by atoms with Crippen LogP contribution in [0.2, 0.25) is 0 Å². The Morgan fingerprint density at radius 3 is 2.58 bits per heavy atom. The molecule has 0 saturated carbocycles. The highest BCUT2D eigenvalue weighted by atomic mass is 16.2. The molecule has 0 saturated heterocycles. The molecule has 136 valence electrons. The van der Waals surface area contributed by atoms with Crippen LogP contribution in [0.1, 0.15) is 31.4 Å². The molecule has 0 bridgehead atoms. The zero-order valence-electron chi connectivity index (χ0n) is 15.5. The molecule has 0 aromatic heterocycles. The van der Waals surface area contributed by atoms with E-state index >= 15 is 0 Å². The lowest BCUT2D eigenvalue weighted by Crippen LogP contribution is -2.38. The molecule has 5 heteroatoms. The fourth-order valence-corrected chi connectivity index (χ4v) is 3.21. The number of nitrogens with one attached hydrogen (secondary N) is 2. The molecular formula is C21H25N3O2. The second-order valence-electron chi connectivity index (χ2n) is 6.99. The maximum Gasteiger partial charge on any atom is 0.323 e. The Hall–Kier alpha value is -2.82. The molecule has 0 radical (unpaired) electrons. The molecule has 5 nitrogen and oxygen atoms in total. The second kappa shape index (κ2) is 7.60. The highest BCUT2D eigenvalue weighted by molar-refractivity contribution is 6.01. The number of rotatable bonds is 3. The minimum atomic E-state index is -0.273. The second-order valence-corrected chi connectivity index (χ2v) is 6.99. The Morgan fingerprint density at radius 2 is 1.85 bits per heavy atom. The lowest BCUT2D eigenvalue weighted by molar-refractivity contribution is -0.121. The number of hydrogen-bond donors (Lipinski definition) is 2. The summed E-state index contributed by atoms with van der Waals surface area (Å²) in [4.78, 5) is 26.5. The monoisotopic (exact) mass is 351 g/mol. The molecule has 2 N–H and O–H groups in total. The maximum absolute atomic E-state index is 12.4. The molecule has 0 fully saturated rings. The van der Waals surface area contributed by atoms with E-state index in [4.69, 9.17) is 0 Å². The molecule has 1 aliphatic heterocycles. The van der Waals surface area contributed by atoms with Crippen LogP contribution in [0.4, 0.5) is 21.9 Å². The highest BCUT2D eigenvalue weighted by Crippen LogP contribution is 2.30. The number of hydrogen-bond acceptors (Lipinski definition) is 2. The Morgan fingerprint density at radius 1 is 1.08 bits per heavy atom. The summed E-state index contributed by atoms with van der Waals surface area (Å²) in [6.07, 6.45) is 1.84. The quantitative estimate of drug-likeness (QED) is 0.850. The minimum Gasteiger partial charge on any atom is -0.312 e. The number of urea groups is 1. The summed E-state index contributed by atoms with van der Waals surface area (Å²) in [7, 11) is 0. The van der Waals surface area contributed by atoms with Crippen molar-refractivity contribution in [3.05, 3.63) is 53.6 Å². The topological polar surface area (TPSA) is 61.4 Å². The number of anilines is 3. The van der Waals surface area contributed by atoms with Gasteiger partial charge in [-0.05, 0) is 55.2 Å². The van der Waals surface area contributed by atoms with E-state index in [-0.39, 0.29) is 17.9 Å². The van der Waals surface area contributed by atoms with Gasteiger partial charge in [-0.2, -0.15) is 0 Å². The van der Waals surface area contributed by atoms with Gasteiger partial charge in [-0.1, -0.05) is 32.0 Å². The molecule has 0 aliphatic carbocycles. The van der Waals surface area contributed by atoms with Crippen molar-refractivity contribution in [1.82, 2.24) is 0 Å². The molecule has 3 rings (SSSR count). The van der Waals surface area contributed by atoms with E-state index in [1.165, 1.54) is 0 Å². The third-order valence-corrected chi connectivity index (χ3v) is 4.61. The molecule has 0 spiro atoms. The largest absolute Gasteiger partial charge is 0.323 e. The van der Waals surface area contributed by atoms with Gasteiger partial charge in [0.05, 0.1) is 0 Å². The Kier molecular flexibility index (Phi) is 5.26. The van der Waals surface area contributed by atoms with Crippen LogP contribution in [-0.2, 0) is 11.2 Å². The molecular weight excluding hydrogens is 326 g/mol. The average molecular weight is 351 g/mol. The van der Waals surface area contributed by atoms with Gasteiger partial charge < -0.3 is 15.5 Å². The first-order valence-electron chi connectivity index (χ1n) is 9.03. The Labute approximate surface area is 154 Å².